The second kappa shape index (κ2) is 8.22. The fraction of sp³-hybridized carbons (Fsp3) is 0.478. The lowest BCUT2D eigenvalue weighted by Gasteiger charge is -2.37. The van der Waals surface area contributed by atoms with E-state index in [9.17, 15) is 9.18 Å². The average Bonchev–Trinajstić information content (AvgIpc) is 3.22. The molecular formula is C23H30FN5O. The number of carbonyl (C=O) groups is 1. The standard InChI is InChI=1S/C23H30FN5O/c1-23(2,3)27-11-10-17(16-27)14-26-22(30)29-13-12-28(19-6-4-5-7-20(19)29)21-9-8-18(24)15-25-21/h4-9,15,17H,10-14,16H2,1-3H3,(H,26,30)/t17-/m1/s1. The third kappa shape index (κ3) is 4.26. The summed E-state index contributed by atoms with van der Waals surface area (Å²) in [5, 5.41) is 3.15. The summed E-state index contributed by atoms with van der Waals surface area (Å²) in [5.74, 6) is 0.798. The van der Waals surface area contributed by atoms with E-state index in [0.29, 0.717) is 31.4 Å². The molecule has 2 amide bonds. The Kier molecular flexibility index (Phi) is 5.64. The third-order valence-corrected chi connectivity index (χ3v) is 6.02. The van der Waals surface area contributed by atoms with Crippen molar-refractivity contribution in [2.45, 2.75) is 32.7 Å². The van der Waals surface area contributed by atoms with E-state index < -0.39 is 0 Å². The number of fused-ring (bicyclic) bond motifs is 1. The van der Waals surface area contributed by atoms with Crippen LogP contribution in [0.4, 0.5) is 26.4 Å². The molecule has 1 N–H and O–H groups in total. The summed E-state index contributed by atoms with van der Waals surface area (Å²) in [7, 11) is 0. The molecule has 1 saturated heterocycles. The minimum atomic E-state index is -0.359. The fourth-order valence-electron chi connectivity index (χ4n) is 4.27. The highest BCUT2D eigenvalue weighted by molar-refractivity contribution is 5.97. The van der Waals surface area contributed by atoms with E-state index in [1.54, 1.807) is 11.0 Å². The molecule has 0 bridgehead atoms. The molecule has 2 aliphatic rings. The summed E-state index contributed by atoms with van der Waals surface area (Å²) in [6.45, 7) is 10.6. The molecule has 0 spiro atoms. The van der Waals surface area contributed by atoms with Crippen molar-refractivity contribution in [3.8, 4) is 0 Å². The summed E-state index contributed by atoms with van der Waals surface area (Å²) in [6, 6.07) is 10.8. The molecule has 7 heteroatoms. The lowest BCUT2D eigenvalue weighted by atomic mass is 10.1. The van der Waals surface area contributed by atoms with Gasteiger partial charge in [-0.15, -0.1) is 0 Å². The van der Waals surface area contributed by atoms with Crippen LogP contribution in [0.2, 0.25) is 0 Å². The van der Waals surface area contributed by atoms with Gasteiger partial charge in [-0.2, -0.15) is 0 Å². The van der Waals surface area contributed by atoms with Crippen molar-refractivity contribution in [3.63, 3.8) is 0 Å². The van der Waals surface area contributed by atoms with Crippen LogP contribution >= 0.6 is 0 Å². The van der Waals surface area contributed by atoms with Crippen LogP contribution < -0.4 is 15.1 Å². The van der Waals surface area contributed by atoms with E-state index >= 15 is 0 Å². The average molecular weight is 412 g/mol. The summed E-state index contributed by atoms with van der Waals surface area (Å²) in [5.41, 5.74) is 1.91. The van der Waals surface area contributed by atoms with Gasteiger partial charge in [-0.3, -0.25) is 9.80 Å². The number of rotatable bonds is 3. The van der Waals surface area contributed by atoms with Crippen LogP contribution in [0.3, 0.4) is 0 Å². The van der Waals surface area contributed by atoms with Crippen molar-refractivity contribution >= 4 is 23.2 Å². The predicted molar refractivity (Wildman–Crippen MR) is 118 cm³/mol. The first-order chi connectivity index (χ1) is 14.3. The second-order valence-corrected chi connectivity index (χ2v) is 9.08. The quantitative estimate of drug-likeness (QED) is 0.829. The molecule has 2 aromatic rings. The zero-order valence-electron chi connectivity index (χ0n) is 17.9. The summed E-state index contributed by atoms with van der Waals surface area (Å²) in [6.07, 6.45) is 2.33. The van der Waals surface area contributed by atoms with Crippen molar-refractivity contribution in [1.82, 2.24) is 15.2 Å². The Morgan fingerprint density at radius 2 is 1.90 bits per heavy atom. The Balaban J connectivity index is 1.44. The minimum Gasteiger partial charge on any atom is -0.337 e. The van der Waals surface area contributed by atoms with Crippen LogP contribution in [0.15, 0.2) is 42.6 Å². The van der Waals surface area contributed by atoms with Crippen molar-refractivity contribution in [3.05, 3.63) is 48.4 Å². The highest BCUT2D eigenvalue weighted by Gasteiger charge is 2.32. The van der Waals surface area contributed by atoms with Crippen LogP contribution in [0, 0.1) is 11.7 Å². The van der Waals surface area contributed by atoms with Gasteiger partial charge in [0.05, 0.1) is 17.6 Å². The first kappa shape index (κ1) is 20.6. The number of nitrogens with zero attached hydrogens (tertiary/aromatic N) is 4. The van der Waals surface area contributed by atoms with E-state index in [2.05, 4.69) is 36.0 Å². The highest BCUT2D eigenvalue weighted by atomic mass is 19.1. The van der Waals surface area contributed by atoms with Crippen LogP contribution in [0.5, 0.6) is 0 Å². The van der Waals surface area contributed by atoms with Gasteiger partial charge in [0.15, 0.2) is 0 Å². The number of hydrogen-bond donors (Lipinski definition) is 1. The first-order valence-corrected chi connectivity index (χ1v) is 10.6. The fourth-order valence-corrected chi connectivity index (χ4v) is 4.27. The maximum Gasteiger partial charge on any atom is 0.322 e. The molecule has 3 heterocycles. The van der Waals surface area contributed by atoms with Gasteiger partial charge in [0.1, 0.15) is 11.6 Å². The maximum atomic E-state index is 13.3. The van der Waals surface area contributed by atoms with Crippen molar-refractivity contribution in [2.75, 3.05) is 42.5 Å². The summed E-state index contributed by atoms with van der Waals surface area (Å²) >= 11 is 0. The van der Waals surface area contributed by atoms with E-state index in [1.165, 1.54) is 12.3 Å². The number of urea groups is 1. The van der Waals surface area contributed by atoms with E-state index in [0.717, 1.165) is 30.9 Å². The highest BCUT2D eigenvalue weighted by Crippen LogP contribution is 2.36. The molecule has 1 aromatic carbocycles. The van der Waals surface area contributed by atoms with Crippen LogP contribution in [0.1, 0.15) is 27.2 Å². The molecule has 0 unspecified atom stereocenters. The van der Waals surface area contributed by atoms with Gasteiger partial charge in [0.25, 0.3) is 0 Å². The van der Waals surface area contributed by atoms with Crippen LogP contribution in [-0.4, -0.2) is 54.2 Å². The van der Waals surface area contributed by atoms with E-state index in [1.807, 2.05) is 29.2 Å². The van der Waals surface area contributed by atoms with Crippen molar-refractivity contribution < 1.29 is 9.18 Å². The smallest absolute Gasteiger partial charge is 0.322 e. The molecule has 1 fully saturated rings. The monoisotopic (exact) mass is 411 g/mol. The molecule has 0 aliphatic carbocycles. The van der Waals surface area contributed by atoms with Gasteiger partial charge >= 0.3 is 6.03 Å². The van der Waals surface area contributed by atoms with Gasteiger partial charge in [0, 0.05) is 31.7 Å². The number of amides is 2. The van der Waals surface area contributed by atoms with Gasteiger partial charge < -0.3 is 10.2 Å². The number of benzene rings is 1. The lowest BCUT2D eigenvalue weighted by Crippen LogP contribution is -2.48. The largest absolute Gasteiger partial charge is 0.337 e. The Morgan fingerprint density at radius 1 is 1.13 bits per heavy atom. The molecular weight excluding hydrogens is 381 g/mol. The van der Waals surface area contributed by atoms with Crippen LogP contribution in [0.25, 0.3) is 0 Å². The molecule has 4 rings (SSSR count). The predicted octanol–water partition coefficient (Wildman–Crippen LogP) is 4.01. The Hall–Kier alpha value is -2.67. The number of likely N-dealkylation sites (tertiary alicyclic amines) is 1. The third-order valence-electron chi connectivity index (χ3n) is 6.02. The number of para-hydroxylation sites is 2. The van der Waals surface area contributed by atoms with E-state index in [-0.39, 0.29) is 17.4 Å². The topological polar surface area (TPSA) is 51.7 Å². The van der Waals surface area contributed by atoms with Crippen molar-refractivity contribution in [1.29, 1.82) is 0 Å². The molecule has 0 saturated carbocycles. The van der Waals surface area contributed by atoms with Gasteiger partial charge in [-0.1, -0.05) is 12.1 Å². The number of nitrogens with one attached hydrogen (secondary N) is 1. The molecule has 160 valence electrons. The SMILES string of the molecule is CC(C)(C)N1CC[C@H](CNC(=O)N2CCN(c3ccc(F)cn3)c3ccccc32)C1. The molecule has 6 nitrogen and oxygen atoms in total. The Bertz CT molecular complexity index is 895. The summed E-state index contributed by atoms with van der Waals surface area (Å²) in [4.78, 5) is 23.5. The van der Waals surface area contributed by atoms with Crippen LogP contribution in [-0.2, 0) is 0 Å². The van der Waals surface area contributed by atoms with Gasteiger partial charge in [-0.05, 0) is 63.9 Å². The maximum absolute atomic E-state index is 13.3. The zero-order chi connectivity index (χ0) is 21.3. The van der Waals surface area contributed by atoms with E-state index in [4.69, 9.17) is 0 Å². The number of carbonyl (C=O) groups excluding carboxylic acids is 1. The van der Waals surface area contributed by atoms with Gasteiger partial charge in [-0.25, -0.2) is 14.2 Å². The summed E-state index contributed by atoms with van der Waals surface area (Å²) < 4.78 is 13.3. The number of aromatic nitrogens is 1. The zero-order valence-corrected chi connectivity index (χ0v) is 17.9. The molecule has 2 aliphatic heterocycles. The van der Waals surface area contributed by atoms with Crippen molar-refractivity contribution in [2.24, 2.45) is 5.92 Å². The molecule has 0 radical (unpaired) electrons. The lowest BCUT2D eigenvalue weighted by molar-refractivity contribution is 0.168. The second-order valence-electron chi connectivity index (χ2n) is 9.08. The molecule has 1 aromatic heterocycles. The first-order valence-electron chi connectivity index (χ1n) is 10.6. The number of halogens is 1. The molecule has 1 atom stereocenters. The minimum absolute atomic E-state index is 0.0663. The Morgan fingerprint density at radius 3 is 2.57 bits per heavy atom. The number of anilines is 3. The number of pyridine rings is 1. The molecule has 30 heavy (non-hydrogen) atoms. The normalized spacial score (nSPS) is 19.7. The number of hydrogen-bond acceptors (Lipinski definition) is 4. The van der Waals surface area contributed by atoms with Gasteiger partial charge in [0.2, 0.25) is 0 Å². The Labute approximate surface area is 177 Å².